The molecular weight excluding hydrogens is 262 g/mol. The number of benzene rings is 2. The van der Waals surface area contributed by atoms with E-state index in [1.54, 1.807) is 25.1 Å². The number of ether oxygens (including phenoxy) is 1. The van der Waals surface area contributed by atoms with Crippen LogP contribution >= 0.6 is 0 Å². The van der Waals surface area contributed by atoms with Gasteiger partial charge in [0.25, 0.3) is 0 Å². The van der Waals surface area contributed by atoms with Crippen molar-refractivity contribution >= 4 is 5.78 Å². The Balaban J connectivity index is 2.63. The number of rotatable bonds is 3. The number of hydrogen-bond acceptors (Lipinski definition) is 2. The van der Waals surface area contributed by atoms with Crippen LogP contribution in [0.2, 0.25) is 0 Å². The van der Waals surface area contributed by atoms with Gasteiger partial charge >= 0.3 is 0 Å². The SMILES string of the molecule is COc1ccc(C)cc1C(=O)c1c(F)ccc(C)c1F. The van der Waals surface area contributed by atoms with Gasteiger partial charge in [-0.15, -0.1) is 0 Å². The molecule has 20 heavy (non-hydrogen) atoms. The Morgan fingerprint density at radius 1 is 1.10 bits per heavy atom. The number of halogens is 2. The molecule has 0 bridgehead atoms. The predicted molar refractivity (Wildman–Crippen MR) is 72.3 cm³/mol. The standard InChI is InChI=1S/C16H14F2O2/c1-9-4-7-13(20-3)11(8-9)16(19)14-12(17)6-5-10(2)15(14)18/h4-8H,1-3H3. The third-order valence-electron chi connectivity index (χ3n) is 3.11. The lowest BCUT2D eigenvalue weighted by molar-refractivity contribution is 0.102. The summed E-state index contributed by atoms with van der Waals surface area (Å²) in [5, 5.41) is 0. The van der Waals surface area contributed by atoms with E-state index in [0.717, 1.165) is 11.6 Å². The summed E-state index contributed by atoms with van der Waals surface area (Å²) < 4.78 is 32.9. The van der Waals surface area contributed by atoms with E-state index in [-0.39, 0.29) is 11.1 Å². The zero-order valence-corrected chi connectivity index (χ0v) is 11.5. The molecule has 0 saturated heterocycles. The third-order valence-corrected chi connectivity index (χ3v) is 3.11. The molecule has 4 heteroatoms. The number of hydrogen-bond donors (Lipinski definition) is 0. The Hall–Kier alpha value is -2.23. The van der Waals surface area contributed by atoms with Gasteiger partial charge in [-0.1, -0.05) is 17.7 Å². The van der Waals surface area contributed by atoms with Gasteiger partial charge in [0.2, 0.25) is 5.78 Å². The Bertz CT molecular complexity index is 678. The normalized spacial score (nSPS) is 10.4. The minimum atomic E-state index is -0.873. The Morgan fingerprint density at radius 2 is 1.80 bits per heavy atom. The molecule has 0 radical (unpaired) electrons. The van der Waals surface area contributed by atoms with Gasteiger partial charge in [0.15, 0.2) is 0 Å². The maximum atomic E-state index is 14.0. The van der Waals surface area contributed by atoms with Gasteiger partial charge in [-0.2, -0.15) is 0 Å². The molecule has 0 aliphatic carbocycles. The van der Waals surface area contributed by atoms with Crippen LogP contribution in [0.3, 0.4) is 0 Å². The van der Waals surface area contributed by atoms with Gasteiger partial charge in [-0.25, -0.2) is 8.78 Å². The van der Waals surface area contributed by atoms with Gasteiger partial charge in [-0.3, -0.25) is 4.79 Å². The van der Waals surface area contributed by atoms with Crippen molar-refractivity contribution in [1.29, 1.82) is 0 Å². The molecule has 2 aromatic carbocycles. The molecule has 0 aromatic heterocycles. The lowest BCUT2D eigenvalue weighted by Crippen LogP contribution is -2.10. The Labute approximate surface area is 116 Å². The summed E-state index contributed by atoms with van der Waals surface area (Å²) in [5.41, 5.74) is 0.633. The molecule has 0 spiro atoms. The van der Waals surface area contributed by atoms with Crippen LogP contribution in [0, 0.1) is 25.5 Å². The maximum absolute atomic E-state index is 14.0. The van der Waals surface area contributed by atoms with Crippen LogP contribution in [-0.4, -0.2) is 12.9 Å². The van der Waals surface area contributed by atoms with E-state index in [2.05, 4.69) is 0 Å². The van der Waals surface area contributed by atoms with Crippen LogP contribution in [0.1, 0.15) is 27.0 Å². The summed E-state index contributed by atoms with van der Waals surface area (Å²) in [6.45, 7) is 3.28. The smallest absolute Gasteiger partial charge is 0.202 e. The van der Waals surface area contributed by atoms with Crippen LogP contribution in [0.4, 0.5) is 8.78 Å². The summed E-state index contributed by atoms with van der Waals surface area (Å²) in [6, 6.07) is 7.32. The number of carbonyl (C=O) groups is 1. The van der Waals surface area contributed by atoms with Gasteiger partial charge in [0, 0.05) is 0 Å². The molecule has 0 unspecified atom stereocenters. The second kappa shape index (κ2) is 5.41. The van der Waals surface area contributed by atoms with Crippen LogP contribution in [-0.2, 0) is 0 Å². The van der Waals surface area contributed by atoms with Crippen molar-refractivity contribution in [3.63, 3.8) is 0 Å². The van der Waals surface area contributed by atoms with Crippen molar-refractivity contribution in [3.05, 3.63) is 64.2 Å². The third kappa shape index (κ3) is 2.41. The van der Waals surface area contributed by atoms with Crippen molar-refractivity contribution in [3.8, 4) is 5.75 Å². The second-order valence-electron chi connectivity index (χ2n) is 4.59. The topological polar surface area (TPSA) is 26.3 Å². The van der Waals surface area contributed by atoms with Gasteiger partial charge in [0.1, 0.15) is 17.4 Å². The first kappa shape index (κ1) is 14.2. The van der Waals surface area contributed by atoms with E-state index in [1.807, 2.05) is 0 Å². The van der Waals surface area contributed by atoms with Crippen molar-refractivity contribution in [2.24, 2.45) is 0 Å². The first-order valence-electron chi connectivity index (χ1n) is 6.09. The monoisotopic (exact) mass is 276 g/mol. The van der Waals surface area contributed by atoms with E-state index in [9.17, 15) is 13.6 Å². The molecular formula is C16H14F2O2. The lowest BCUT2D eigenvalue weighted by atomic mass is 9.98. The molecule has 0 amide bonds. The molecule has 0 aliphatic heterocycles. The summed E-state index contributed by atoms with van der Waals surface area (Å²) in [6.07, 6.45) is 0. The molecule has 2 aromatic rings. The van der Waals surface area contributed by atoms with Crippen molar-refractivity contribution < 1.29 is 18.3 Å². The molecule has 104 valence electrons. The molecule has 2 rings (SSSR count). The number of ketones is 1. The van der Waals surface area contributed by atoms with E-state index >= 15 is 0 Å². The Kier molecular flexibility index (Phi) is 3.84. The van der Waals surface area contributed by atoms with Crippen molar-refractivity contribution in [1.82, 2.24) is 0 Å². The summed E-state index contributed by atoms with van der Waals surface area (Å²) in [7, 11) is 1.41. The highest BCUT2D eigenvalue weighted by atomic mass is 19.1. The fraction of sp³-hybridized carbons (Fsp3) is 0.188. The van der Waals surface area contributed by atoms with E-state index < -0.39 is 23.0 Å². The van der Waals surface area contributed by atoms with Crippen molar-refractivity contribution in [2.75, 3.05) is 7.11 Å². The molecule has 2 nitrogen and oxygen atoms in total. The molecule has 0 N–H and O–H groups in total. The fourth-order valence-corrected chi connectivity index (χ4v) is 2.00. The van der Waals surface area contributed by atoms with Gasteiger partial charge in [-0.05, 0) is 37.6 Å². The van der Waals surface area contributed by atoms with Crippen LogP contribution in [0.15, 0.2) is 30.3 Å². The number of carbonyl (C=O) groups excluding carboxylic acids is 1. The highest BCUT2D eigenvalue weighted by molar-refractivity contribution is 6.11. The first-order chi connectivity index (χ1) is 9.45. The molecule has 0 heterocycles. The van der Waals surface area contributed by atoms with Crippen LogP contribution in [0.25, 0.3) is 0 Å². The van der Waals surface area contributed by atoms with Gasteiger partial charge in [0.05, 0.1) is 18.2 Å². The zero-order chi connectivity index (χ0) is 14.9. The number of methoxy groups -OCH3 is 1. The average Bonchev–Trinajstić information content (AvgIpc) is 2.43. The second-order valence-corrected chi connectivity index (χ2v) is 4.59. The molecule has 0 fully saturated rings. The predicted octanol–water partition coefficient (Wildman–Crippen LogP) is 3.82. The molecule has 0 aliphatic rings. The van der Waals surface area contributed by atoms with E-state index in [1.165, 1.54) is 20.1 Å². The zero-order valence-electron chi connectivity index (χ0n) is 11.5. The maximum Gasteiger partial charge on any atom is 0.202 e. The van der Waals surface area contributed by atoms with Gasteiger partial charge < -0.3 is 4.74 Å². The summed E-state index contributed by atoms with van der Waals surface area (Å²) in [4.78, 5) is 12.4. The summed E-state index contributed by atoms with van der Waals surface area (Å²) >= 11 is 0. The quantitative estimate of drug-likeness (QED) is 0.797. The first-order valence-corrected chi connectivity index (χ1v) is 6.09. The minimum absolute atomic E-state index is 0.149. The molecule has 0 atom stereocenters. The van der Waals surface area contributed by atoms with E-state index in [4.69, 9.17) is 4.74 Å². The number of aryl methyl sites for hydroxylation is 2. The van der Waals surface area contributed by atoms with Crippen LogP contribution < -0.4 is 4.74 Å². The highest BCUT2D eigenvalue weighted by Gasteiger charge is 2.23. The highest BCUT2D eigenvalue weighted by Crippen LogP contribution is 2.26. The largest absolute Gasteiger partial charge is 0.496 e. The fourth-order valence-electron chi connectivity index (χ4n) is 2.00. The minimum Gasteiger partial charge on any atom is -0.496 e. The van der Waals surface area contributed by atoms with Crippen LogP contribution in [0.5, 0.6) is 5.75 Å². The molecule has 0 saturated carbocycles. The average molecular weight is 276 g/mol. The summed E-state index contributed by atoms with van der Waals surface area (Å²) in [5.74, 6) is -2.13. The van der Waals surface area contributed by atoms with E-state index in [0.29, 0.717) is 5.75 Å². The lowest BCUT2D eigenvalue weighted by Gasteiger charge is -2.11. The Morgan fingerprint density at radius 3 is 2.45 bits per heavy atom. The van der Waals surface area contributed by atoms with Crippen molar-refractivity contribution in [2.45, 2.75) is 13.8 Å².